The van der Waals surface area contributed by atoms with Gasteiger partial charge >= 0.3 is 12.4 Å². The van der Waals surface area contributed by atoms with Crippen molar-refractivity contribution in [2.24, 2.45) is 5.92 Å². The summed E-state index contributed by atoms with van der Waals surface area (Å²) in [4.78, 5) is 14.7. The molecule has 1 saturated carbocycles. The van der Waals surface area contributed by atoms with Crippen LogP contribution in [0.2, 0.25) is 0 Å². The smallest absolute Gasteiger partial charge is 0.352 e. The fourth-order valence-electron chi connectivity index (χ4n) is 4.22. The molecule has 0 unspecified atom stereocenters. The Labute approximate surface area is 165 Å². The van der Waals surface area contributed by atoms with E-state index in [0.717, 1.165) is 25.9 Å². The van der Waals surface area contributed by atoms with Gasteiger partial charge in [0.15, 0.2) is 0 Å². The highest BCUT2D eigenvalue weighted by molar-refractivity contribution is 5.94. The Morgan fingerprint density at radius 3 is 1.90 bits per heavy atom. The molecule has 1 N–H and O–H groups in total. The number of hydrogen-bond donors (Lipinski definition) is 1. The van der Waals surface area contributed by atoms with Crippen molar-refractivity contribution < 1.29 is 31.1 Å². The van der Waals surface area contributed by atoms with E-state index in [1.54, 1.807) is 0 Å². The summed E-state index contributed by atoms with van der Waals surface area (Å²) in [7, 11) is 0. The van der Waals surface area contributed by atoms with Gasteiger partial charge in [-0.25, -0.2) is 0 Å². The van der Waals surface area contributed by atoms with Crippen LogP contribution in [-0.2, 0) is 12.4 Å². The Bertz CT molecular complexity index is 684. The van der Waals surface area contributed by atoms with Gasteiger partial charge in [-0.15, -0.1) is 0 Å². The molecule has 1 aromatic rings. The molecule has 0 radical (unpaired) electrons. The standard InChI is InChI=1S/C20H24F6N2O/c21-19(22,23)15-9-14(10-16(11-15)20(24,25)26)18(29)27-12-13-5-7-28(8-6-13)17-3-1-2-4-17/h9-11,13,17H,1-8,12H2,(H,27,29). The van der Waals surface area contributed by atoms with E-state index in [1.165, 1.54) is 25.7 Å². The Morgan fingerprint density at radius 2 is 1.41 bits per heavy atom. The number of piperidine rings is 1. The van der Waals surface area contributed by atoms with Gasteiger partial charge in [-0.05, 0) is 62.9 Å². The van der Waals surface area contributed by atoms with E-state index in [4.69, 9.17) is 0 Å². The number of benzene rings is 1. The molecule has 1 aliphatic carbocycles. The molecule has 29 heavy (non-hydrogen) atoms. The van der Waals surface area contributed by atoms with Crippen molar-refractivity contribution in [3.05, 3.63) is 34.9 Å². The van der Waals surface area contributed by atoms with Crippen molar-refractivity contribution in [1.82, 2.24) is 10.2 Å². The van der Waals surface area contributed by atoms with E-state index in [1.807, 2.05) is 0 Å². The summed E-state index contributed by atoms with van der Waals surface area (Å²) < 4.78 is 77.6. The number of rotatable bonds is 4. The molecule has 3 rings (SSSR count). The third-order valence-electron chi connectivity index (χ3n) is 5.89. The number of hydrogen-bond acceptors (Lipinski definition) is 2. The summed E-state index contributed by atoms with van der Waals surface area (Å²) in [5.74, 6) is -0.746. The highest BCUT2D eigenvalue weighted by atomic mass is 19.4. The number of nitrogens with one attached hydrogen (secondary N) is 1. The lowest BCUT2D eigenvalue weighted by atomic mass is 9.95. The fraction of sp³-hybridized carbons (Fsp3) is 0.650. The maximum Gasteiger partial charge on any atom is 0.416 e. The number of likely N-dealkylation sites (tertiary alicyclic amines) is 1. The van der Waals surface area contributed by atoms with Gasteiger partial charge in [0, 0.05) is 18.2 Å². The average molecular weight is 422 g/mol. The Hall–Kier alpha value is -1.77. The van der Waals surface area contributed by atoms with E-state index in [-0.39, 0.29) is 18.5 Å². The molecule has 2 fully saturated rings. The Balaban J connectivity index is 1.60. The maximum atomic E-state index is 12.9. The molecule has 0 spiro atoms. The first-order valence-electron chi connectivity index (χ1n) is 9.86. The summed E-state index contributed by atoms with van der Waals surface area (Å²) in [6.07, 6.45) is -3.32. The molecular weight excluding hydrogens is 398 g/mol. The zero-order chi connectivity index (χ0) is 21.2. The van der Waals surface area contributed by atoms with Gasteiger partial charge in [0.2, 0.25) is 0 Å². The largest absolute Gasteiger partial charge is 0.416 e. The van der Waals surface area contributed by atoms with E-state index in [0.29, 0.717) is 18.2 Å². The summed E-state index contributed by atoms with van der Waals surface area (Å²) in [6.45, 7) is 2.06. The van der Waals surface area contributed by atoms with Crippen molar-refractivity contribution in [2.75, 3.05) is 19.6 Å². The van der Waals surface area contributed by atoms with Gasteiger partial charge in [-0.1, -0.05) is 12.8 Å². The molecule has 1 heterocycles. The van der Waals surface area contributed by atoms with Crippen molar-refractivity contribution >= 4 is 5.91 Å². The lowest BCUT2D eigenvalue weighted by molar-refractivity contribution is -0.143. The number of amides is 1. The van der Waals surface area contributed by atoms with Gasteiger partial charge < -0.3 is 10.2 Å². The van der Waals surface area contributed by atoms with Crippen LogP contribution in [0.5, 0.6) is 0 Å². The fourth-order valence-corrected chi connectivity index (χ4v) is 4.22. The van der Waals surface area contributed by atoms with Gasteiger partial charge in [0.05, 0.1) is 11.1 Å². The molecule has 1 aliphatic heterocycles. The van der Waals surface area contributed by atoms with Crippen molar-refractivity contribution in [2.45, 2.75) is 56.9 Å². The van der Waals surface area contributed by atoms with Gasteiger partial charge in [-0.3, -0.25) is 4.79 Å². The number of nitrogens with zero attached hydrogens (tertiary/aromatic N) is 1. The molecule has 1 saturated heterocycles. The second-order valence-corrected chi connectivity index (χ2v) is 7.92. The van der Waals surface area contributed by atoms with Crippen LogP contribution in [0.1, 0.15) is 60.0 Å². The zero-order valence-electron chi connectivity index (χ0n) is 15.9. The molecule has 1 aromatic carbocycles. The molecule has 3 nitrogen and oxygen atoms in total. The molecule has 0 aromatic heterocycles. The van der Waals surface area contributed by atoms with Gasteiger partial charge in [-0.2, -0.15) is 26.3 Å². The van der Waals surface area contributed by atoms with Crippen molar-refractivity contribution in [3.63, 3.8) is 0 Å². The summed E-state index contributed by atoms with van der Waals surface area (Å²) in [5, 5.41) is 2.52. The predicted octanol–water partition coefficient (Wildman–Crippen LogP) is 5.11. The summed E-state index contributed by atoms with van der Waals surface area (Å²) in [5.41, 5.74) is -3.60. The molecule has 162 valence electrons. The average Bonchev–Trinajstić information content (AvgIpc) is 3.19. The Morgan fingerprint density at radius 1 is 0.897 bits per heavy atom. The number of halogens is 6. The topological polar surface area (TPSA) is 32.3 Å². The first-order chi connectivity index (χ1) is 13.5. The lowest BCUT2D eigenvalue weighted by Crippen LogP contribution is -2.42. The van der Waals surface area contributed by atoms with Gasteiger partial charge in [0.25, 0.3) is 5.91 Å². The highest BCUT2D eigenvalue weighted by Crippen LogP contribution is 2.36. The third kappa shape index (κ3) is 5.65. The van der Waals surface area contributed by atoms with Crippen LogP contribution in [0.15, 0.2) is 18.2 Å². The normalized spacial score (nSPS) is 20.2. The van der Waals surface area contributed by atoms with E-state index in [9.17, 15) is 31.1 Å². The first kappa shape index (κ1) is 21.9. The molecule has 9 heteroatoms. The maximum absolute atomic E-state index is 12.9. The van der Waals surface area contributed by atoms with Crippen molar-refractivity contribution in [3.8, 4) is 0 Å². The molecular formula is C20H24F6N2O. The molecule has 1 amide bonds. The van der Waals surface area contributed by atoms with Gasteiger partial charge in [0.1, 0.15) is 0 Å². The van der Waals surface area contributed by atoms with Crippen LogP contribution in [0.4, 0.5) is 26.3 Å². The second kappa shape index (κ2) is 8.53. The minimum Gasteiger partial charge on any atom is -0.352 e. The first-order valence-corrected chi connectivity index (χ1v) is 9.86. The lowest BCUT2D eigenvalue weighted by Gasteiger charge is -2.36. The summed E-state index contributed by atoms with van der Waals surface area (Å²) >= 11 is 0. The summed E-state index contributed by atoms with van der Waals surface area (Å²) in [6, 6.07) is 1.58. The third-order valence-corrected chi connectivity index (χ3v) is 5.89. The van der Waals surface area contributed by atoms with Crippen LogP contribution in [0, 0.1) is 5.92 Å². The molecule has 2 aliphatic rings. The van der Waals surface area contributed by atoms with Crippen LogP contribution >= 0.6 is 0 Å². The number of alkyl halides is 6. The molecule has 0 bridgehead atoms. The van der Waals surface area contributed by atoms with Crippen LogP contribution in [0.3, 0.4) is 0 Å². The Kier molecular flexibility index (Phi) is 6.45. The minimum absolute atomic E-state index is 0.0233. The SMILES string of the molecule is O=C(NCC1CCN(C2CCCC2)CC1)c1cc(C(F)(F)F)cc(C(F)(F)F)c1. The quantitative estimate of drug-likeness (QED) is 0.684. The van der Waals surface area contributed by atoms with Crippen LogP contribution in [0.25, 0.3) is 0 Å². The van der Waals surface area contributed by atoms with E-state index >= 15 is 0 Å². The van der Waals surface area contributed by atoms with Crippen LogP contribution in [-0.4, -0.2) is 36.5 Å². The van der Waals surface area contributed by atoms with Crippen LogP contribution < -0.4 is 5.32 Å². The minimum atomic E-state index is -4.97. The monoisotopic (exact) mass is 422 g/mol. The zero-order valence-corrected chi connectivity index (χ0v) is 15.9. The number of carbonyl (C=O) groups is 1. The van der Waals surface area contributed by atoms with E-state index in [2.05, 4.69) is 10.2 Å². The van der Waals surface area contributed by atoms with E-state index < -0.39 is 35.0 Å². The predicted molar refractivity (Wildman–Crippen MR) is 95.3 cm³/mol. The highest BCUT2D eigenvalue weighted by Gasteiger charge is 2.37. The number of carbonyl (C=O) groups excluding carboxylic acids is 1. The van der Waals surface area contributed by atoms with Crippen molar-refractivity contribution in [1.29, 1.82) is 0 Å². The second-order valence-electron chi connectivity index (χ2n) is 7.92. The molecule has 0 atom stereocenters.